The highest BCUT2D eigenvalue weighted by Gasteiger charge is 2.27. The normalized spacial score (nSPS) is 19.4. The second-order valence-corrected chi connectivity index (χ2v) is 5.05. The van der Waals surface area contributed by atoms with Crippen molar-refractivity contribution in [1.29, 1.82) is 0 Å². The second-order valence-electron chi connectivity index (χ2n) is 5.05. The zero-order valence-corrected chi connectivity index (χ0v) is 11.4. The molecule has 7 nitrogen and oxygen atoms in total. The number of fused-ring (bicyclic) bond motifs is 1. The van der Waals surface area contributed by atoms with Crippen molar-refractivity contribution >= 4 is 17.6 Å². The van der Waals surface area contributed by atoms with Crippen LogP contribution in [0.1, 0.15) is 25.5 Å². The molecular weight excluding hydrogens is 258 g/mol. The van der Waals surface area contributed by atoms with Gasteiger partial charge in [0.15, 0.2) is 0 Å². The van der Waals surface area contributed by atoms with Crippen molar-refractivity contribution in [3.8, 4) is 0 Å². The van der Waals surface area contributed by atoms with Gasteiger partial charge in [0.25, 0.3) is 5.78 Å². The molecule has 106 valence electrons. The lowest BCUT2D eigenvalue weighted by Gasteiger charge is -2.32. The fraction of sp³-hybridized carbons (Fsp3) is 0.538. The zero-order valence-electron chi connectivity index (χ0n) is 11.4. The summed E-state index contributed by atoms with van der Waals surface area (Å²) in [6.07, 6.45) is 3.89. The van der Waals surface area contributed by atoms with Crippen molar-refractivity contribution < 1.29 is 9.90 Å². The molecule has 1 saturated heterocycles. The molecule has 0 bridgehead atoms. The van der Waals surface area contributed by atoms with E-state index in [0.717, 1.165) is 37.3 Å². The average Bonchev–Trinajstić information content (AvgIpc) is 2.94. The van der Waals surface area contributed by atoms with Crippen LogP contribution in [-0.4, -0.2) is 43.7 Å². The summed E-state index contributed by atoms with van der Waals surface area (Å²) in [6, 6.07) is 1.98. The van der Waals surface area contributed by atoms with Crippen LogP contribution in [0.5, 0.6) is 0 Å². The molecule has 3 heterocycles. The van der Waals surface area contributed by atoms with Gasteiger partial charge in [-0.25, -0.2) is 4.98 Å². The summed E-state index contributed by atoms with van der Waals surface area (Å²) in [5, 5.41) is 13.4. The number of aromatic nitrogens is 4. The van der Waals surface area contributed by atoms with Gasteiger partial charge in [-0.15, -0.1) is 0 Å². The lowest BCUT2D eigenvalue weighted by atomic mass is 9.98. The first-order chi connectivity index (χ1) is 9.69. The van der Waals surface area contributed by atoms with Crippen LogP contribution in [0, 0.1) is 5.92 Å². The van der Waals surface area contributed by atoms with Crippen molar-refractivity contribution in [3.63, 3.8) is 0 Å². The Kier molecular flexibility index (Phi) is 3.25. The Bertz CT molecular complexity index is 639. The van der Waals surface area contributed by atoms with E-state index >= 15 is 0 Å². The molecule has 7 heteroatoms. The van der Waals surface area contributed by atoms with Crippen LogP contribution in [-0.2, 0) is 11.2 Å². The highest BCUT2D eigenvalue weighted by atomic mass is 16.4. The Hall–Kier alpha value is -2.18. The summed E-state index contributed by atoms with van der Waals surface area (Å²) in [5.74, 6) is 0.405. The lowest BCUT2D eigenvalue weighted by Crippen LogP contribution is -2.39. The van der Waals surface area contributed by atoms with Crippen LogP contribution in [0.15, 0.2) is 12.4 Å². The van der Waals surface area contributed by atoms with E-state index in [0.29, 0.717) is 12.3 Å². The number of carboxylic acids is 1. The average molecular weight is 275 g/mol. The van der Waals surface area contributed by atoms with Gasteiger partial charge in [0.05, 0.1) is 5.92 Å². The summed E-state index contributed by atoms with van der Waals surface area (Å²) in [6.45, 7) is 3.39. The van der Waals surface area contributed by atoms with Gasteiger partial charge >= 0.3 is 5.97 Å². The first-order valence-electron chi connectivity index (χ1n) is 6.86. The van der Waals surface area contributed by atoms with E-state index < -0.39 is 5.97 Å². The molecule has 1 atom stereocenters. The number of aryl methyl sites for hydroxylation is 1. The van der Waals surface area contributed by atoms with Gasteiger partial charge in [0.2, 0.25) is 0 Å². The van der Waals surface area contributed by atoms with Gasteiger partial charge in [-0.1, -0.05) is 6.92 Å². The molecule has 1 aliphatic heterocycles. The highest BCUT2D eigenvalue weighted by Crippen LogP contribution is 2.24. The van der Waals surface area contributed by atoms with Gasteiger partial charge in [-0.3, -0.25) is 4.79 Å². The van der Waals surface area contributed by atoms with Gasteiger partial charge < -0.3 is 10.0 Å². The molecule has 2 aromatic heterocycles. The van der Waals surface area contributed by atoms with Crippen LogP contribution >= 0.6 is 0 Å². The topological polar surface area (TPSA) is 83.6 Å². The lowest BCUT2D eigenvalue weighted by molar-refractivity contribution is -0.141. The van der Waals surface area contributed by atoms with Crippen LogP contribution in [0.3, 0.4) is 0 Å². The summed E-state index contributed by atoms with van der Waals surface area (Å²) in [5.41, 5.74) is 0.943. The fourth-order valence-corrected chi connectivity index (χ4v) is 2.64. The Labute approximate surface area is 116 Å². The largest absolute Gasteiger partial charge is 0.481 e. The number of aliphatic carboxylic acids is 1. The third-order valence-corrected chi connectivity index (χ3v) is 3.74. The number of hydrogen-bond donors (Lipinski definition) is 1. The van der Waals surface area contributed by atoms with E-state index in [4.69, 9.17) is 0 Å². The van der Waals surface area contributed by atoms with E-state index in [2.05, 4.69) is 20.0 Å². The van der Waals surface area contributed by atoms with E-state index in [1.165, 1.54) is 6.33 Å². The SMILES string of the molecule is CCc1cc(N2CCC[C@H](C(=O)O)C2)n2ncnc2n1. The summed E-state index contributed by atoms with van der Waals surface area (Å²) in [7, 11) is 0. The molecule has 0 aromatic carbocycles. The minimum Gasteiger partial charge on any atom is -0.481 e. The smallest absolute Gasteiger partial charge is 0.308 e. The molecule has 2 aromatic rings. The number of anilines is 1. The molecule has 1 aliphatic rings. The molecule has 1 fully saturated rings. The standard InChI is InChI=1S/C13H17N5O2/c1-2-10-6-11(18-13(16-10)14-8-15-18)17-5-3-4-9(7-17)12(19)20/h6,8-9H,2-5,7H2,1H3,(H,19,20)/t9-/m0/s1. The van der Waals surface area contributed by atoms with Crippen LogP contribution in [0.4, 0.5) is 5.82 Å². The van der Waals surface area contributed by atoms with E-state index in [9.17, 15) is 9.90 Å². The van der Waals surface area contributed by atoms with Gasteiger partial charge in [-0.2, -0.15) is 14.6 Å². The number of piperidine rings is 1. The van der Waals surface area contributed by atoms with Gasteiger partial charge in [0, 0.05) is 24.8 Å². The van der Waals surface area contributed by atoms with Crippen LogP contribution < -0.4 is 4.90 Å². The molecule has 0 aliphatic carbocycles. The highest BCUT2D eigenvalue weighted by molar-refractivity contribution is 5.71. The first kappa shape index (κ1) is 12.8. The quantitative estimate of drug-likeness (QED) is 0.899. The molecular formula is C13H17N5O2. The Morgan fingerprint density at radius 2 is 2.40 bits per heavy atom. The number of nitrogens with zero attached hydrogens (tertiary/aromatic N) is 5. The number of carboxylic acid groups (broad SMARTS) is 1. The van der Waals surface area contributed by atoms with Crippen LogP contribution in [0.25, 0.3) is 5.78 Å². The predicted octanol–water partition coefficient (Wildman–Crippen LogP) is 0.988. The monoisotopic (exact) mass is 275 g/mol. The Morgan fingerprint density at radius 1 is 1.55 bits per heavy atom. The maximum Gasteiger partial charge on any atom is 0.308 e. The van der Waals surface area contributed by atoms with E-state index in [1.807, 2.05) is 13.0 Å². The zero-order chi connectivity index (χ0) is 14.1. The molecule has 1 N–H and O–H groups in total. The Balaban J connectivity index is 2.00. The first-order valence-corrected chi connectivity index (χ1v) is 6.86. The van der Waals surface area contributed by atoms with Gasteiger partial charge in [0.1, 0.15) is 12.1 Å². The maximum atomic E-state index is 11.2. The molecule has 0 radical (unpaired) electrons. The van der Waals surface area contributed by atoms with E-state index in [1.54, 1.807) is 4.52 Å². The molecule has 20 heavy (non-hydrogen) atoms. The predicted molar refractivity (Wildman–Crippen MR) is 72.7 cm³/mol. The second kappa shape index (κ2) is 5.07. The molecule has 0 unspecified atom stereocenters. The van der Waals surface area contributed by atoms with Crippen molar-refractivity contribution in [2.24, 2.45) is 5.92 Å². The van der Waals surface area contributed by atoms with Crippen molar-refractivity contribution in [1.82, 2.24) is 19.6 Å². The van der Waals surface area contributed by atoms with Crippen molar-refractivity contribution in [2.45, 2.75) is 26.2 Å². The minimum atomic E-state index is -0.727. The van der Waals surface area contributed by atoms with Crippen molar-refractivity contribution in [2.75, 3.05) is 18.0 Å². The minimum absolute atomic E-state index is 0.319. The van der Waals surface area contributed by atoms with Crippen molar-refractivity contribution in [3.05, 3.63) is 18.1 Å². The maximum absolute atomic E-state index is 11.2. The number of carbonyl (C=O) groups is 1. The number of hydrogen-bond acceptors (Lipinski definition) is 5. The third-order valence-electron chi connectivity index (χ3n) is 3.74. The third kappa shape index (κ3) is 2.19. The summed E-state index contributed by atoms with van der Waals surface area (Å²) >= 11 is 0. The number of rotatable bonds is 3. The Morgan fingerprint density at radius 3 is 3.15 bits per heavy atom. The molecule has 0 amide bonds. The molecule has 3 rings (SSSR count). The summed E-state index contributed by atoms with van der Waals surface area (Å²) in [4.78, 5) is 21.8. The van der Waals surface area contributed by atoms with Crippen LogP contribution in [0.2, 0.25) is 0 Å². The molecule has 0 spiro atoms. The fourth-order valence-electron chi connectivity index (χ4n) is 2.64. The molecule has 0 saturated carbocycles. The van der Waals surface area contributed by atoms with E-state index in [-0.39, 0.29) is 5.92 Å². The summed E-state index contributed by atoms with van der Waals surface area (Å²) < 4.78 is 1.68. The van der Waals surface area contributed by atoms with Gasteiger partial charge in [-0.05, 0) is 19.3 Å².